The summed E-state index contributed by atoms with van der Waals surface area (Å²) in [4.78, 5) is 38.2. The lowest BCUT2D eigenvalue weighted by molar-refractivity contribution is 0.0638. The fourth-order valence-electron chi connectivity index (χ4n) is 2.96. The number of carbonyl (C=O) groups excluding carboxylic acids is 3. The third-order valence-electron chi connectivity index (χ3n) is 4.40. The van der Waals surface area contributed by atoms with Crippen LogP contribution < -0.4 is 15.8 Å². The second-order valence-electron chi connectivity index (χ2n) is 6.52. The van der Waals surface area contributed by atoms with Gasteiger partial charge in [0.2, 0.25) is 10.0 Å². The standard InChI is InChI=1S/C19H20N4O6S/c1-29-10-2-9-23-17(24)15-8-5-13(11-16(15)18(23)25)22-19(26)21-12-3-6-14(7-4-12)30(20,27)28/h3-8,11H,2,9-10H2,1H3,(H2,20,27,28)(H2,21,22,26). The molecule has 1 aliphatic heterocycles. The van der Waals surface area contributed by atoms with Crippen molar-refractivity contribution in [2.45, 2.75) is 11.3 Å². The fraction of sp³-hybridized carbons (Fsp3) is 0.211. The third-order valence-corrected chi connectivity index (χ3v) is 5.33. The Labute approximate surface area is 173 Å². The predicted molar refractivity (Wildman–Crippen MR) is 109 cm³/mol. The predicted octanol–water partition coefficient (Wildman–Crippen LogP) is 1.61. The number of nitrogens with zero attached hydrogens (tertiary/aromatic N) is 1. The SMILES string of the molecule is COCCCN1C(=O)c2ccc(NC(=O)Nc3ccc(S(N)(=O)=O)cc3)cc2C1=O. The van der Waals surface area contributed by atoms with Gasteiger partial charge in [-0.3, -0.25) is 14.5 Å². The first-order valence-corrected chi connectivity index (χ1v) is 10.5. The Morgan fingerprint density at radius 3 is 2.23 bits per heavy atom. The number of benzene rings is 2. The lowest BCUT2D eigenvalue weighted by Crippen LogP contribution is -2.31. The van der Waals surface area contributed by atoms with E-state index in [4.69, 9.17) is 9.88 Å². The molecule has 2 aromatic rings. The average Bonchev–Trinajstić information content (AvgIpc) is 2.92. The maximum atomic E-state index is 12.5. The zero-order valence-electron chi connectivity index (χ0n) is 16.0. The zero-order chi connectivity index (χ0) is 21.9. The zero-order valence-corrected chi connectivity index (χ0v) is 16.9. The van der Waals surface area contributed by atoms with E-state index in [0.717, 1.165) is 4.90 Å². The molecule has 3 rings (SSSR count). The highest BCUT2D eigenvalue weighted by molar-refractivity contribution is 7.89. The van der Waals surface area contributed by atoms with Gasteiger partial charge in [0.1, 0.15) is 0 Å². The molecule has 0 spiro atoms. The summed E-state index contributed by atoms with van der Waals surface area (Å²) < 4.78 is 27.5. The number of carbonyl (C=O) groups is 3. The highest BCUT2D eigenvalue weighted by Gasteiger charge is 2.35. The molecular weight excluding hydrogens is 412 g/mol. The smallest absolute Gasteiger partial charge is 0.323 e. The van der Waals surface area contributed by atoms with Crippen molar-refractivity contribution in [3.05, 3.63) is 53.6 Å². The van der Waals surface area contributed by atoms with Gasteiger partial charge in [0, 0.05) is 31.6 Å². The summed E-state index contributed by atoms with van der Waals surface area (Å²) in [6.07, 6.45) is 0.528. The molecule has 0 bridgehead atoms. The van der Waals surface area contributed by atoms with Gasteiger partial charge in [0.15, 0.2) is 0 Å². The maximum absolute atomic E-state index is 12.5. The maximum Gasteiger partial charge on any atom is 0.323 e. The van der Waals surface area contributed by atoms with E-state index in [-0.39, 0.29) is 28.5 Å². The van der Waals surface area contributed by atoms with Crippen LogP contribution in [-0.4, -0.2) is 51.4 Å². The van der Waals surface area contributed by atoms with Crippen molar-refractivity contribution in [2.75, 3.05) is 30.9 Å². The molecule has 0 aliphatic carbocycles. The lowest BCUT2D eigenvalue weighted by atomic mass is 10.1. The van der Waals surface area contributed by atoms with E-state index >= 15 is 0 Å². The minimum atomic E-state index is -3.82. The summed E-state index contributed by atoms with van der Waals surface area (Å²) in [6, 6.07) is 9.16. The Bertz CT molecular complexity index is 1100. The summed E-state index contributed by atoms with van der Waals surface area (Å²) in [5.41, 5.74) is 1.17. The molecule has 30 heavy (non-hydrogen) atoms. The molecule has 0 aromatic heterocycles. The fourth-order valence-corrected chi connectivity index (χ4v) is 3.48. The monoisotopic (exact) mass is 432 g/mol. The van der Waals surface area contributed by atoms with Crippen LogP contribution in [0.15, 0.2) is 47.4 Å². The molecule has 0 saturated heterocycles. The summed E-state index contributed by atoms with van der Waals surface area (Å²) in [5.74, 6) is -0.800. The van der Waals surface area contributed by atoms with Crippen LogP contribution >= 0.6 is 0 Å². The van der Waals surface area contributed by atoms with Crippen LogP contribution in [0.2, 0.25) is 0 Å². The van der Waals surface area contributed by atoms with Gasteiger partial charge in [0.25, 0.3) is 11.8 Å². The molecular formula is C19H20N4O6S. The van der Waals surface area contributed by atoms with Crippen LogP contribution in [0.5, 0.6) is 0 Å². The van der Waals surface area contributed by atoms with Gasteiger partial charge >= 0.3 is 6.03 Å². The van der Waals surface area contributed by atoms with Gasteiger partial charge < -0.3 is 15.4 Å². The Balaban J connectivity index is 1.67. The van der Waals surface area contributed by atoms with Crippen molar-refractivity contribution < 1.29 is 27.5 Å². The summed E-state index contributed by atoms with van der Waals surface area (Å²) in [6.45, 7) is 0.677. The van der Waals surface area contributed by atoms with Crippen LogP contribution in [0.3, 0.4) is 0 Å². The van der Waals surface area contributed by atoms with Crippen molar-refractivity contribution in [3.8, 4) is 0 Å². The van der Waals surface area contributed by atoms with E-state index in [9.17, 15) is 22.8 Å². The number of primary sulfonamides is 1. The highest BCUT2D eigenvalue weighted by atomic mass is 32.2. The van der Waals surface area contributed by atoms with E-state index in [0.29, 0.717) is 24.4 Å². The number of rotatable bonds is 7. The molecule has 0 unspecified atom stereocenters. The van der Waals surface area contributed by atoms with Crippen LogP contribution in [0.25, 0.3) is 0 Å². The van der Waals surface area contributed by atoms with Crippen LogP contribution in [0.1, 0.15) is 27.1 Å². The molecule has 10 nitrogen and oxygen atoms in total. The Hall–Kier alpha value is -3.28. The van der Waals surface area contributed by atoms with E-state index in [1.54, 1.807) is 7.11 Å². The molecule has 11 heteroatoms. The average molecular weight is 432 g/mol. The number of anilines is 2. The number of fused-ring (bicyclic) bond motifs is 1. The second-order valence-corrected chi connectivity index (χ2v) is 8.08. The molecule has 0 atom stereocenters. The first-order chi connectivity index (χ1) is 14.2. The van der Waals surface area contributed by atoms with Crippen molar-refractivity contribution in [1.29, 1.82) is 0 Å². The number of hydrogen-bond donors (Lipinski definition) is 3. The quantitative estimate of drug-likeness (QED) is 0.447. The molecule has 1 heterocycles. The van der Waals surface area contributed by atoms with E-state index in [2.05, 4.69) is 10.6 Å². The summed E-state index contributed by atoms with van der Waals surface area (Å²) in [7, 11) is -2.28. The van der Waals surface area contributed by atoms with Gasteiger partial charge in [-0.25, -0.2) is 18.4 Å². The summed E-state index contributed by atoms with van der Waals surface area (Å²) >= 11 is 0. The first kappa shape index (κ1) is 21.4. The van der Waals surface area contributed by atoms with Crippen molar-refractivity contribution in [3.63, 3.8) is 0 Å². The Kier molecular flexibility index (Phi) is 6.15. The first-order valence-electron chi connectivity index (χ1n) is 8.91. The number of amides is 4. The van der Waals surface area contributed by atoms with Gasteiger partial charge in [-0.2, -0.15) is 0 Å². The van der Waals surface area contributed by atoms with Gasteiger partial charge in [-0.15, -0.1) is 0 Å². The normalized spacial score (nSPS) is 13.3. The van der Waals surface area contributed by atoms with Gasteiger partial charge in [-0.1, -0.05) is 0 Å². The minimum Gasteiger partial charge on any atom is -0.385 e. The molecule has 2 aromatic carbocycles. The number of nitrogens with one attached hydrogen (secondary N) is 2. The van der Waals surface area contributed by atoms with Crippen molar-refractivity contribution in [1.82, 2.24) is 4.90 Å². The van der Waals surface area contributed by atoms with E-state index < -0.39 is 22.0 Å². The summed E-state index contributed by atoms with van der Waals surface area (Å²) in [5, 5.41) is 10.1. The minimum absolute atomic E-state index is 0.0784. The molecule has 0 radical (unpaired) electrons. The number of ether oxygens (including phenoxy) is 1. The van der Waals surface area contributed by atoms with Crippen LogP contribution in [0, 0.1) is 0 Å². The van der Waals surface area contributed by atoms with E-state index in [1.165, 1.54) is 42.5 Å². The third kappa shape index (κ3) is 4.64. The number of hydrogen-bond acceptors (Lipinski definition) is 6. The van der Waals surface area contributed by atoms with Gasteiger partial charge in [0.05, 0.1) is 16.0 Å². The number of nitrogens with two attached hydrogens (primary N) is 1. The number of sulfonamides is 1. The van der Waals surface area contributed by atoms with E-state index in [1.807, 2.05) is 0 Å². The molecule has 0 fully saturated rings. The number of urea groups is 1. The molecule has 4 amide bonds. The lowest BCUT2D eigenvalue weighted by Gasteiger charge is -2.12. The molecule has 0 saturated carbocycles. The number of methoxy groups -OCH3 is 1. The van der Waals surface area contributed by atoms with Crippen LogP contribution in [0.4, 0.5) is 16.2 Å². The van der Waals surface area contributed by atoms with Crippen LogP contribution in [-0.2, 0) is 14.8 Å². The highest BCUT2D eigenvalue weighted by Crippen LogP contribution is 2.26. The second kappa shape index (κ2) is 8.61. The largest absolute Gasteiger partial charge is 0.385 e. The molecule has 1 aliphatic rings. The van der Waals surface area contributed by atoms with Gasteiger partial charge in [-0.05, 0) is 48.9 Å². The van der Waals surface area contributed by atoms with Crippen molar-refractivity contribution in [2.24, 2.45) is 5.14 Å². The Morgan fingerprint density at radius 2 is 1.60 bits per heavy atom. The molecule has 158 valence electrons. The molecule has 4 N–H and O–H groups in total. The Morgan fingerprint density at radius 1 is 1.00 bits per heavy atom. The van der Waals surface area contributed by atoms with Crippen molar-refractivity contribution >= 4 is 39.2 Å². The topological polar surface area (TPSA) is 148 Å². The number of imide groups is 1.